The fourth-order valence-corrected chi connectivity index (χ4v) is 1.45. The third-order valence-electron chi connectivity index (χ3n) is 1.11. The van der Waals surface area contributed by atoms with Crippen LogP contribution in [0.5, 0.6) is 0 Å². The van der Waals surface area contributed by atoms with Crippen LogP contribution >= 0.6 is 22.6 Å². The van der Waals surface area contributed by atoms with Gasteiger partial charge in [0.15, 0.2) is 0 Å². The molecule has 0 amide bonds. The molecule has 12 heavy (non-hydrogen) atoms. The maximum absolute atomic E-state index is 10.5. The molecule has 0 aliphatic rings. The molecule has 0 bridgehead atoms. The average molecular weight is 307 g/mol. The molecule has 0 saturated heterocycles. The fraction of sp³-hybridized carbons (Fsp3) is 0. The molecule has 0 atom stereocenters. The summed E-state index contributed by atoms with van der Waals surface area (Å²) in [5.41, 5.74) is 0. The number of hydrogen-bond donors (Lipinski definition) is 1. The zero-order chi connectivity index (χ0) is 8.48. The van der Waals surface area contributed by atoms with Crippen LogP contribution in [0.1, 0.15) is 0 Å². The van der Waals surface area contributed by atoms with E-state index in [1.165, 1.54) is 12.1 Å². The van der Waals surface area contributed by atoms with Gasteiger partial charge < -0.3 is 0 Å². The van der Waals surface area contributed by atoms with Crippen LogP contribution in [0.3, 0.4) is 0 Å². The predicted octanol–water partition coefficient (Wildman–Crippen LogP) is 1.16. The van der Waals surface area contributed by atoms with Crippen molar-refractivity contribution in [3.8, 4) is 0 Å². The number of benzene rings is 1. The Morgan fingerprint density at radius 1 is 1.17 bits per heavy atom. The van der Waals surface area contributed by atoms with Gasteiger partial charge in [-0.3, -0.25) is 4.55 Å². The zero-order valence-corrected chi connectivity index (χ0v) is 11.3. The van der Waals surface area contributed by atoms with Crippen LogP contribution in [-0.2, 0) is 10.1 Å². The van der Waals surface area contributed by atoms with Crippen molar-refractivity contribution in [2.45, 2.75) is 4.90 Å². The second-order valence-corrected chi connectivity index (χ2v) is 4.60. The van der Waals surface area contributed by atoms with Crippen LogP contribution < -0.4 is 0 Å². The molecule has 0 aliphatic carbocycles. The molecule has 1 radical (unpaired) electrons. The maximum Gasteiger partial charge on any atom is 0.294 e. The first-order chi connectivity index (χ1) is 5.00. The summed E-state index contributed by atoms with van der Waals surface area (Å²) < 4.78 is 30.5. The van der Waals surface area contributed by atoms with Crippen molar-refractivity contribution in [2.75, 3.05) is 0 Å². The molecule has 0 unspecified atom stereocenters. The van der Waals surface area contributed by atoms with Crippen LogP contribution in [0.4, 0.5) is 0 Å². The second kappa shape index (κ2) is 4.92. The minimum Gasteiger partial charge on any atom is -0.282 e. The molecule has 3 nitrogen and oxygen atoms in total. The third-order valence-corrected chi connectivity index (χ3v) is 2.70. The largest absolute Gasteiger partial charge is 0.294 e. The Labute approximate surface area is 107 Å². The topological polar surface area (TPSA) is 54.4 Å². The molecule has 0 spiro atoms. The van der Waals surface area contributed by atoms with Crippen LogP contribution in [-0.4, -0.2) is 42.5 Å². The fourth-order valence-electron chi connectivity index (χ4n) is 0.607. The Balaban J connectivity index is 0.00000121. The Kier molecular flexibility index (Phi) is 5.27. The molecular formula is C6H5INaO3S. The van der Waals surface area contributed by atoms with Crippen molar-refractivity contribution < 1.29 is 13.0 Å². The van der Waals surface area contributed by atoms with Crippen molar-refractivity contribution in [1.29, 1.82) is 0 Å². The van der Waals surface area contributed by atoms with Crippen LogP contribution in [0.15, 0.2) is 29.2 Å². The summed E-state index contributed by atoms with van der Waals surface area (Å²) >= 11 is 2.05. The average Bonchev–Trinajstić information content (AvgIpc) is 1.86. The Hall–Kier alpha value is 0.860. The van der Waals surface area contributed by atoms with E-state index in [9.17, 15) is 8.42 Å². The van der Waals surface area contributed by atoms with E-state index in [1.54, 1.807) is 12.1 Å². The van der Waals surface area contributed by atoms with Gasteiger partial charge in [0.2, 0.25) is 0 Å². The van der Waals surface area contributed by atoms with E-state index in [-0.39, 0.29) is 34.5 Å². The minimum atomic E-state index is -4.02. The summed E-state index contributed by atoms with van der Waals surface area (Å²) in [6.07, 6.45) is 0. The zero-order valence-electron chi connectivity index (χ0n) is 6.36. The maximum atomic E-state index is 10.5. The van der Waals surface area contributed by atoms with Gasteiger partial charge in [-0.15, -0.1) is 0 Å². The SMILES string of the molecule is O=S(=O)(O)c1ccc(I)cc1.[Na]. The van der Waals surface area contributed by atoms with Crippen molar-refractivity contribution in [3.05, 3.63) is 27.8 Å². The molecule has 1 aromatic carbocycles. The van der Waals surface area contributed by atoms with Gasteiger partial charge in [0.1, 0.15) is 0 Å². The Bertz CT molecular complexity index is 346. The molecule has 61 valence electrons. The molecule has 0 heterocycles. The molecule has 1 rings (SSSR count). The first-order valence-electron chi connectivity index (χ1n) is 2.73. The summed E-state index contributed by atoms with van der Waals surface area (Å²) in [5.74, 6) is 0. The summed E-state index contributed by atoms with van der Waals surface area (Å²) in [4.78, 5) is -0.0714. The monoisotopic (exact) mass is 307 g/mol. The van der Waals surface area contributed by atoms with Crippen molar-refractivity contribution in [3.63, 3.8) is 0 Å². The molecule has 0 fully saturated rings. The van der Waals surface area contributed by atoms with E-state index < -0.39 is 10.1 Å². The van der Waals surface area contributed by atoms with Gasteiger partial charge in [-0.1, -0.05) is 0 Å². The van der Waals surface area contributed by atoms with E-state index in [1.807, 2.05) is 22.6 Å². The summed E-state index contributed by atoms with van der Waals surface area (Å²) in [6.45, 7) is 0. The third kappa shape index (κ3) is 3.71. The van der Waals surface area contributed by atoms with Gasteiger partial charge in [-0.2, -0.15) is 8.42 Å². The summed E-state index contributed by atoms with van der Waals surface area (Å²) in [7, 11) is -4.02. The molecule has 0 aromatic heterocycles. The predicted molar refractivity (Wildman–Crippen MR) is 54.7 cm³/mol. The first-order valence-corrected chi connectivity index (χ1v) is 5.25. The molecule has 0 saturated carbocycles. The second-order valence-electron chi connectivity index (χ2n) is 1.93. The van der Waals surface area contributed by atoms with Crippen LogP contribution in [0.25, 0.3) is 0 Å². The van der Waals surface area contributed by atoms with Gasteiger partial charge in [0, 0.05) is 33.1 Å². The minimum absolute atomic E-state index is 0. The van der Waals surface area contributed by atoms with E-state index in [2.05, 4.69) is 0 Å². The normalized spacial score (nSPS) is 10.5. The summed E-state index contributed by atoms with van der Waals surface area (Å²) in [6, 6.07) is 5.95. The Morgan fingerprint density at radius 2 is 1.58 bits per heavy atom. The van der Waals surface area contributed by atoms with Crippen molar-refractivity contribution >= 4 is 62.3 Å². The summed E-state index contributed by atoms with van der Waals surface area (Å²) in [5, 5.41) is 0. The van der Waals surface area contributed by atoms with Crippen molar-refractivity contribution in [2.24, 2.45) is 0 Å². The van der Waals surface area contributed by atoms with Crippen LogP contribution in [0, 0.1) is 3.57 Å². The van der Waals surface area contributed by atoms with E-state index in [0.29, 0.717) is 0 Å². The molecule has 6 heteroatoms. The van der Waals surface area contributed by atoms with Gasteiger partial charge in [0.25, 0.3) is 10.1 Å². The van der Waals surface area contributed by atoms with Crippen molar-refractivity contribution in [1.82, 2.24) is 0 Å². The molecular weight excluding hydrogens is 302 g/mol. The number of halogens is 1. The van der Waals surface area contributed by atoms with Gasteiger partial charge in [-0.25, -0.2) is 0 Å². The van der Waals surface area contributed by atoms with Gasteiger partial charge in [0.05, 0.1) is 4.90 Å². The smallest absolute Gasteiger partial charge is 0.282 e. The van der Waals surface area contributed by atoms with Gasteiger partial charge >= 0.3 is 0 Å². The van der Waals surface area contributed by atoms with Gasteiger partial charge in [-0.05, 0) is 46.9 Å². The van der Waals surface area contributed by atoms with E-state index >= 15 is 0 Å². The number of hydrogen-bond acceptors (Lipinski definition) is 2. The standard InChI is InChI=1S/C6H5IO3S.Na/c7-5-1-3-6(4-2-5)11(8,9)10;/h1-4H,(H,8,9,10);. The molecule has 0 aliphatic heterocycles. The molecule has 1 aromatic rings. The van der Waals surface area contributed by atoms with E-state index in [0.717, 1.165) is 3.57 Å². The Morgan fingerprint density at radius 3 is 1.92 bits per heavy atom. The first kappa shape index (κ1) is 12.9. The quantitative estimate of drug-likeness (QED) is 0.481. The number of rotatable bonds is 1. The van der Waals surface area contributed by atoms with E-state index in [4.69, 9.17) is 4.55 Å². The molecule has 1 N–H and O–H groups in total. The van der Waals surface area contributed by atoms with Crippen LogP contribution in [0.2, 0.25) is 0 Å².